The van der Waals surface area contributed by atoms with Crippen molar-refractivity contribution in [1.82, 2.24) is 5.32 Å². The third kappa shape index (κ3) is 4.28. The molecular formula is C11H17NO3S. The Hall–Kier alpha value is -0.940. The van der Waals surface area contributed by atoms with E-state index in [9.17, 15) is 4.79 Å². The van der Waals surface area contributed by atoms with E-state index in [4.69, 9.17) is 9.52 Å². The van der Waals surface area contributed by atoms with E-state index in [2.05, 4.69) is 5.32 Å². The van der Waals surface area contributed by atoms with Crippen LogP contribution < -0.4 is 5.32 Å². The zero-order valence-corrected chi connectivity index (χ0v) is 10.1. The number of aliphatic hydroxyl groups is 1. The van der Waals surface area contributed by atoms with Gasteiger partial charge in [-0.15, -0.1) is 0 Å². The zero-order chi connectivity index (χ0) is 11.8. The van der Waals surface area contributed by atoms with Crippen LogP contribution in [0.2, 0.25) is 0 Å². The van der Waals surface area contributed by atoms with Crippen LogP contribution in [0.15, 0.2) is 22.8 Å². The summed E-state index contributed by atoms with van der Waals surface area (Å²) in [5.74, 6) is 1.50. The number of carbonyl (C=O) groups is 1. The molecule has 0 saturated heterocycles. The van der Waals surface area contributed by atoms with Gasteiger partial charge in [-0.2, -0.15) is 11.8 Å². The van der Waals surface area contributed by atoms with Crippen LogP contribution in [0.3, 0.4) is 0 Å². The fourth-order valence-electron chi connectivity index (χ4n) is 1.34. The highest BCUT2D eigenvalue weighted by Gasteiger charge is 2.15. The highest BCUT2D eigenvalue weighted by molar-refractivity contribution is 7.98. The molecule has 4 nitrogen and oxygen atoms in total. The first-order valence-electron chi connectivity index (χ1n) is 5.20. The molecule has 0 radical (unpaired) electrons. The fourth-order valence-corrected chi connectivity index (χ4v) is 1.77. The van der Waals surface area contributed by atoms with Crippen LogP contribution >= 0.6 is 11.8 Å². The first kappa shape index (κ1) is 13.1. The lowest BCUT2D eigenvalue weighted by atomic mass is 10.2. The molecule has 1 unspecified atom stereocenters. The van der Waals surface area contributed by atoms with Crippen molar-refractivity contribution >= 4 is 17.7 Å². The van der Waals surface area contributed by atoms with Gasteiger partial charge >= 0.3 is 0 Å². The van der Waals surface area contributed by atoms with Gasteiger partial charge in [0.05, 0.1) is 12.9 Å². The van der Waals surface area contributed by atoms with Gasteiger partial charge in [-0.05, 0) is 30.6 Å². The molecule has 1 atom stereocenters. The van der Waals surface area contributed by atoms with Crippen molar-refractivity contribution < 1.29 is 14.3 Å². The summed E-state index contributed by atoms with van der Waals surface area (Å²) in [5, 5.41) is 11.9. The summed E-state index contributed by atoms with van der Waals surface area (Å²) >= 11 is 1.72. The first-order chi connectivity index (χ1) is 7.77. The SMILES string of the molecule is CSCCCC(=O)NC(CO)c1ccco1. The van der Waals surface area contributed by atoms with Gasteiger partial charge in [0.2, 0.25) is 5.91 Å². The van der Waals surface area contributed by atoms with E-state index in [0.717, 1.165) is 12.2 Å². The molecule has 90 valence electrons. The van der Waals surface area contributed by atoms with Crippen LogP contribution in [0.4, 0.5) is 0 Å². The average molecular weight is 243 g/mol. The van der Waals surface area contributed by atoms with E-state index < -0.39 is 6.04 Å². The number of thioether (sulfide) groups is 1. The number of aliphatic hydroxyl groups excluding tert-OH is 1. The second kappa shape index (κ2) is 7.35. The maximum atomic E-state index is 11.5. The van der Waals surface area contributed by atoms with E-state index in [1.54, 1.807) is 23.9 Å². The monoisotopic (exact) mass is 243 g/mol. The number of furan rings is 1. The molecule has 1 heterocycles. The summed E-state index contributed by atoms with van der Waals surface area (Å²) < 4.78 is 5.13. The number of rotatable bonds is 7. The number of hydrogen-bond acceptors (Lipinski definition) is 4. The third-order valence-electron chi connectivity index (χ3n) is 2.16. The van der Waals surface area contributed by atoms with Crippen LogP contribution in [-0.2, 0) is 4.79 Å². The molecule has 0 aliphatic rings. The Kier molecular flexibility index (Phi) is 6.03. The van der Waals surface area contributed by atoms with E-state index in [0.29, 0.717) is 12.2 Å². The van der Waals surface area contributed by atoms with Crippen molar-refractivity contribution in [2.24, 2.45) is 0 Å². The van der Waals surface area contributed by atoms with Crippen LogP contribution in [0.25, 0.3) is 0 Å². The smallest absolute Gasteiger partial charge is 0.220 e. The quantitative estimate of drug-likeness (QED) is 0.714. The van der Waals surface area contributed by atoms with Crippen molar-refractivity contribution in [3.63, 3.8) is 0 Å². The molecule has 1 amide bonds. The minimum Gasteiger partial charge on any atom is -0.467 e. The molecule has 0 bridgehead atoms. The van der Waals surface area contributed by atoms with Crippen molar-refractivity contribution in [1.29, 1.82) is 0 Å². The molecule has 1 aromatic heterocycles. The minimum atomic E-state index is -0.434. The summed E-state index contributed by atoms with van der Waals surface area (Å²) in [6, 6.07) is 3.04. The average Bonchev–Trinajstić information content (AvgIpc) is 2.79. The van der Waals surface area contributed by atoms with Gasteiger partial charge in [0.15, 0.2) is 0 Å². The summed E-state index contributed by atoms with van der Waals surface area (Å²) in [6.45, 7) is -0.151. The van der Waals surface area contributed by atoms with Gasteiger partial charge in [-0.1, -0.05) is 0 Å². The second-order valence-electron chi connectivity index (χ2n) is 3.41. The minimum absolute atomic E-state index is 0.0514. The predicted molar refractivity (Wildman–Crippen MR) is 64.3 cm³/mol. The van der Waals surface area contributed by atoms with Crippen LogP contribution in [0.1, 0.15) is 24.6 Å². The third-order valence-corrected chi connectivity index (χ3v) is 2.85. The van der Waals surface area contributed by atoms with Crippen LogP contribution in [0.5, 0.6) is 0 Å². The van der Waals surface area contributed by atoms with Gasteiger partial charge in [-0.25, -0.2) is 0 Å². The van der Waals surface area contributed by atoms with Gasteiger partial charge in [0.1, 0.15) is 11.8 Å². The lowest BCUT2D eigenvalue weighted by Crippen LogP contribution is -2.30. The predicted octanol–water partition coefficient (Wildman–Crippen LogP) is 1.57. The highest BCUT2D eigenvalue weighted by Crippen LogP contribution is 2.13. The molecule has 2 N–H and O–H groups in total. The molecule has 5 heteroatoms. The van der Waals surface area contributed by atoms with E-state index in [1.807, 2.05) is 6.26 Å². The lowest BCUT2D eigenvalue weighted by Gasteiger charge is -2.13. The molecular weight excluding hydrogens is 226 g/mol. The van der Waals surface area contributed by atoms with E-state index in [1.165, 1.54) is 6.26 Å². The number of hydrogen-bond donors (Lipinski definition) is 2. The van der Waals surface area contributed by atoms with Crippen molar-refractivity contribution in [3.8, 4) is 0 Å². The Balaban J connectivity index is 2.36. The Morgan fingerprint density at radius 2 is 2.50 bits per heavy atom. The van der Waals surface area contributed by atoms with Gasteiger partial charge < -0.3 is 14.8 Å². The summed E-state index contributed by atoms with van der Waals surface area (Å²) in [6.07, 6.45) is 4.87. The molecule has 0 aromatic carbocycles. The number of carbonyl (C=O) groups excluding carboxylic acids is 1. The van der Waals surface area contributed by atoms with Gasteiger partial charge in [-0.3, -0.25) is 4.79 Å². The Morgan fingerprint density at radius 3 is 3.06 bits per heavy atom. The summed E-state index contributed by atoms with van der Waals surface area (Å²) in [5.41, 5.74) is 0. The maximum Gasteiger partial charge on any atom is 0.220 e. The molecule has 0 saturated carbocycles. The Labute approximate surface area is 99.4 Å². The van der Waals surface area contributed by atoms with Crippen molar-refractivity contribution in [2.75, 3.05) is 18.6 Å². The van der Waals surface area contributed by atoms with E-state index >= 15 is 0 Å². The summed E-state index contributed by atoms with van der Waals surface area (Å²) in [4.78, 5) is 11.5. The van der Waals surface area contributed by atoms with Gasteiger partial charge in [0.25, 0.3) is 0 Å². The fraction of sp³-hybridized carbons (Fsp3) is 0.545. The Bertz CT molecular complexity index is 300. The van der Waals surface area contributed by atoms with Crippen molar-refractivity contribution in [3.05, 3.63) is 24.2 Å². The lowest BCUT2D eigenvalue weighted by molar-refractivity contribution is -0.122. The Morgan fingerprint density at radius 1 is 1.69 bits per heavy atom. The summed E-state index contributed by atoms with van der Waals surface area (Å²) in [7, 11) is 0. The molecule has 0 aliphatic heterocycles. The molecule has 0 aliphatic carbocycles. The van der Waals surface area contributed by atoms with Gasteiger partial charge in [0, 0.05) is 6.42 Å². The zero-order valence-electron chi connectivity index (χ0n) is 9.31. The first-order valence-corrected chi connectivity index (χ1v) is 6.60. The molecule has 0 spiro atoms. The standard InChI is InChI=1S/C11H17NO3S/c1-16-7-3-5-11(14)12-9(8-13)10-4-2-6-15-10/h2,4,6,9,13H,3,5,7-8H2,1H3,(H,12,14). The second-order valence-corrected chi connectivity index (χ2v) is 4.40. The normalized spacial score (nSPS) is 12.4. The molecule has 0 fully saturated rings. The maximum absolute atomic E-state index is 11.5. The molecule has 1 rings (SSSR count). The highest BCUT2D eigenvalue weighted by atomic mass is 32.2. The van der Waals surface area contributed by atoms with Crippen LogP contribution in [0, 0.1) is 0 Å². The molecule has 16 heavy (non-hydrogen) atoms. The number of nitrogens with one attached hydrogen (secondary N) is 1. The molecule has 1 aromatic rings. The topological polar surface area (TPSA) is 62.5 Å². The van der Waals surface area contributed by atoms with Crippen LogP contribution in [-0.4, -0.2) is 29.6 Å². The largest absolute Gasteiger partial charge is 0.467 e. The van der Waals surface area contributed by atoms with E-state index in [-0.39, 0.29) is 12.5 Å². The van der Waals surface area contributed by atoms with Crippen molar-refractivity contribution in [2.45, 2.75) is 18.9 Å². The number of amides is 1.